The molecule has 7 heteroatoms. The third-order valence-corrected chi connectivity index (χ3v) is 3.00. The summed E-state index contributed by atoms with van der Waals surface area (Å²) in [6.45, 7) is 4.88. The maximum Gasteiger partial charge on any atom is 0.191 e. The number of guanidine groups is 1. The van der Waals surface area contributed by atoms with Gasteiger partial charge in [0.15, 0.2) is 5.96 Å². The van der Waals surface area contributed by atoms with Crippen molar-refractivity contribution >= 4 is 15.8 Å². The van der Waals surface area contributed by atoms with Crippen LogP contribution in [-0.4, -0.2) is 57.2 Å². The van der Waals surface area contributed by atoms with Crippen molar-refractivity contribution in [1.82, 2.24) is 10.6 Å². The van der Waals surface area contributed by atoms with Gasteiger partial charge in [-0.25, -0.2) is 8.42 Å². The molecular formula is C10H23N3O3S. The molecule has 0 aliphatic rings. The average Bonchev–Trinajstić information content (AvgIpc) is 2.22. The molecule has 0 saturated heterocycles. The zero-order chi connectivity index (χ0) is 13.3. The van der Waals surface area contributed by atoms with E-state index < -0.39 is 9.84 Å². The maximum absolute atomic E-state index is 11.0. The van der Waals surface area contributed by atoms with Crippen LogP contribution in [0.15, 0.2) is 4.99 Å². The summed E-state index contributed by atoms with van der Waals surface area (Å²) >= 11 is 0. The molecule has 6 nitrogen and oxygen atoms in total. The molecule has 0 rings (SSSR count). The predicted octanol–water partition coefficient (Wildman–Crippen LogP) is -0.643. The number of sulfone groups is 1. The highest BCUT2D eigenvalue weighted by Gasteiger charge is 2.09. The molecule has 0 aromatic carbocycles. The van der Waals surface area contributed by atoms with Crippen molar-refractivity contribution in [1.29, 1.82) is 0 Å². The van der Waals surface area contributed by atoms with Gasteiger partial charge in [0.1, 0.15) is 9.84 Å². The number of aliphatic hydroxyl groups is 1. The van der Waals surface area contributed by atoms with Crippen molar-refractivity contribution in [3.05, 3.63) is 0 Å². The summed E-state index contributed by atoms with van der Waals surface area (Å²) in [6.07, 6.45) is 1.76. The molecular weight excluding hydrogens is 242 g/mol. The summed E-state index contributed by atoms with van der Waals surface area (Å²) in [6, 6.07) is 0.0150. The molecule has 1 unspecified atom stereocenters. The number of aliphatic imine (C=N–C) groups is 1. The van der Waals surface area contributed by atoms with Gasteiger partial charge in [0, 0.05) is 18.8 Å². The number of hydrogen-bond donors (Lipinski definition) is 3. The van der Waals surface area contributed by atoms with Crippen molar-refractivity contribution in [3.8, 4) is 0 Å². The van der Waals surface area contributed by atoms with Crippen LogP contribution in [0.25, 0.3) is 0 Å². The van der Waals surface area contributed by atoms with Gasteiger partial charge in [-0.2, -0.15) is 0 Å². The number of nitrogens with zero attached hydrogens (tertiary/aromatic N) is 1. The first-order chi connectivity index (χ1) is 7.89. The number of rotatable bonds is 7. The molecule has 0 saturated carbocycles. The minimum atomic E-state index is -2.92. The van der Waals surface area contributed by atoms with E-state index in [1.165, 1.54) is 6.26 Å². The van der Waals surface area contributed by atoms with Crippen molar-refractivity contribution < 1.29 is 13.5 Å². The van der Waals surface area contributed by atoms with E-state index >= 15 is 0 Å². The molecule has 0 amide bonds. The Morgan fingerprint density at radius 3 is 2.59 bits per heavy atom. The Morgan fingerprint density at radius 1 is 1.47 bits per heavy atom. The van der Waals surface area contributed by atoms with Gasteiger partial charge < -0.3 is 15.7 Å². The second-order valence-electron chi connectivity index (χ2n) is 3.95. The van der Waals surface area contributed by atoms with Crippen molar-refractivity contribution in [2.45, 2.75) is 26.3 Å². The molecule has 0 radical (unpaired) electrons. The standard InChI is InChI=1S/C10H23N3O3S/c1-4-11-10(12-6-7-14)13-9(2)5-8-17(3,15)16/h9,14H,4-8H2,1-3H3,(H2,11,12,13). The van der Waals surface area contributed by atoms with Crippen LogP contribution < -0.4 is 10.6 Å². The van der Waals surface area contributed by atoms with E-state index in [2.05, 4.69) is 15.6 Å². The van der Waals surface area contributed by atoms with Crippen LogP contribution in [0.5, 0.6) is 0 Å². The minimum Gasteiger partial charge on any atom is -0.394 e. The highest BCUT2D eigenvalue weighted by Crippen LogP contribution is 1.95. The fourth-order valence-electron chi connectivity index (χ4n) is 1.18. The lowest BCUT2D eigenvalue weighted by atomic mass is 10.3. The van der Waals surface area contributed by atoms with Crippen LogP contribution in [0.1, 0.15) is 20.3 Å². The summed E-state index contributed by atoms with van der Waals surface area (Å²) < 4.78 is 22.0. The Labute approximate surface area is 103 Å². The van der Waals surface area contributed by atoms with E-state index in [1.807, 2.05) is 13.8 Å². The Kier molecular flexibility index (Phi) is 7.90. The fraction of sp³-hybridized carbons (Fsp3) is 0.900. The van der Waals surface area contributed by atoms with Gasteiger partial charge in [-0.05, 0) is 20.3 Å². The Hall–Kier alpha value is -0.820. The molecule has 0 aromatic rings. The zero-order valence-corrected chi connectivity index (χ0v) is 11.5. The first kappa shape index (κ1) is 16.2. The quantitative estimate of drug-likeness (QED) is 0.421. The molecule has 0 spiro atoms. The summed E-state index contributed by atoms with van der Waals surface area (Å²) in [5.41, 5.74) is 0. The van der Waals surface area contributed by atoms with E-state index in [9.17, 15) is 8.42 Å². The molecule has 102 valence electrons. The lowest BCUT2D eigenvalue weighted by molar-refractivity contribution is 0.306. The third-order valence-electron chi connectivity index (χ3n) is 2.02. The van der Waals surface area contributed by atoms with E-state index in [4.69, 9.17) is 5.11 Å². The summed E-state index contributed by atoms with van der Waals surface area (Å²) in [4.78, 5) is 4.11. The highest BCUT2D eigenvalue weighted by atomic mass is 32.2. The van der Waals surface area contributed by atoms with Crippen LogP contribution in [-0.2, 0) is 9.84 Å². The lowest BCUT2D eigenvalue weighted by Gasteiger charge is -2.17. The van der Waals surface area contributed by atoms with E-state index in [1.54, 1.807) is 0 Å². The Morgan fingerprint density at radius 2 is 2.12 bits per heavy atom. The SMILES string of the molecule is CCNC(=NCCO)NC(C)CCS(C)(=O)=O. The normalized spacial score (nSPS) is 14.5. The second-order valence-corrected chi connectivity index (χ2v) is 6.21. The molecule has 0 aromatic heterocycles. The van der Waals surface area contributed by atoms with Crippen LogP contribution >= 0.6 is 0 Å². The van der Waals surface area contributed by atoms with Gasteiger partial charge in [-0.3, -0.25) is 4.99 Å². The van der Waals surface area contributed by atoms with Gasteiger partial charge in [0.2, 0.25) is 0 Å². The zero-order valence-electron chi connectivity index (χ0n) is 10.7. The Bertz CT molecular complexity index is 328. The average molecular weight is 265 g/mol. The van der Waals surface area contributed by atoms with Crippen LogP contribution in [0, 0.1) is 0 Å². The number of aliphatic hydroxyl groups excluding tert-OH is 1. The van der Waals surface area contributed by atoms with Crippen molar-refractivity contribution in [2.24, 2.45) is 4.99 Å². The Balaban J connectivity index is 4.16. The smallest absolute Gasteiger partial charge is 0.191 e. The van der Waals surface area contributed by atoms with Crippen molar-refractivity contribution in [2.75, 3.05) is 31.7 Å². The molecule has 0 aliphatic carbocycles. The van der Waals surface area contributed by atoms with Crippen LogP contribution in [0.2, 0.25) is 0 Å². The molecule has 0 fully saturated rings. The molecule has 0 heterocycles. The van der Waals surface area contributed by atoms with Gasteiger partial charge in [0.05, 0.1) is 18.9 Å². The second kappa shape index (κ2) is 8.30. The molecule has 17 heavy (non-hydrogen) atoms. The largest absolute Gasteiger partial charge is 0.394 e. The van der Waals surface area contributed by atoms with Gasteiger partial charge >= 0.3 is 0 Å². The first-order valence-electron chi connectivity index (χ1n) is 5.72. The molecule has 0 aliphatic heterocycles. The summed E-state index contributed by atoms with van der Waals surface area (Å²) in [5, 5.41) is 14.8. The topological polar surface area (TPSA) is 90.8 Å². The number of nitrogens with one attached hydrogen (secondary N) is 2. The van der Waals surface area contributed by atoms with Crippen LogP contribution in [0.3, 0.4) is 0 Å². The number of hydrogen-bond acceptors (Lipinski definition) is 4. The summed E-state index contributed by atoms with van der Waals surface area (Å²) in [7, 11) is -2.92. The maximum atomic E-state index is 11.0. The summed E-state index contributed by atoms with van der Waals surface area (Å²) in [5.74, 6) is 0.753. The molecule has 0 bridgehead atoms. The van der Waals surface area contributed by atoms with E-state index in [0.717, 1.165) is 6.54 Å². The lowest BCUT2D eigenvalue weighted by Crippen LogP contribution is -2.43. The van der Waals surface area contributed by atoms with Crippen molar-refractivity contribution in [3.63, 3.8) is 0 Å². The van der Waals surface area contributed by atoms with E-state index in [-0.39, 0.29) is 18.4 Å². The van der Waals surface area contributed by atoms with Gasteiger partial charge in [-0.1, -0.05) is 0 Å². The predicted molar refractivity (Wildman–Crippen MR) is 70.0 cm³/mol. The fourth-order valence-corrected chi connectivity index (χ4v) is 1.96. The van der Waals surface area contributed by atoms with Crippen LogP contribution in [0.4, 0.5) is 0 Å². The first-order valence-corrected chi connectivity index (χ1v) is 7.78. The van der Waals surface area contributed by atoms with Gasteiger partial charge in [0.25, 0.3) is 0 Å². The van der Waals surface area contributed by atoms with E-state index in [0.29, 0.717) is 18.9 Å². The monoisotopic (exact) mass is 265 g/mol. The highest BCUT2D eigenvalue weighted by molar-refractivity contribution is 7.90. The third kappa shape index (κ3) is 10.1. The molecule has 3 N–H and O–H groups in total. The molecule has 1 atom stereocenters. The van der Waals surface area contributed by atoms with Gasteiger partial charge in [-0.15, -0.1) is 0 Å². The minimum absolute atomic E-state index is 0.00566.